The van der Waals surface area contributed by atoms with Gasteiger partial charge in [0, 0.05) is 21.2 Å². The summed E-state index contributed by atoms with van der Waals surface area (Å²) < 4.78 is 0. The lowest BCUT2D eigenvalue weighted by Gasteiger charge is -2.23. The van der Waals surface area contributed by atoms with Crippen LogP contribution in [0.4, 0.5) is 5.69 Å². The van der Waals surface area contributed by atoms with Crippen molar-refractivity contribution in [2.45, 2.75) is 31.9 Å². The third kappa shape index (κ3) is 4.11. The van der Waals surface area contributed by atoms with Crippen molar-refractivity contribution in [3.05, 3.63) is 99.0 Å². The molecule has 1 aliphatic rings. The number of aliphatic hydroxyl groups is 1. The Balaban J connectivity index is 1.67. The number of hydrogen-bond acceptors (Lipinski definition) is 3. The van der Waals surface area contributed by atoms with Crippen molar-refractivity contribution in [3.63, 3.8) is 0 Å². The van der Waals surface area contributed by atoms with Gasteiger partial charge >= 0.3 is 0 Å². The molecule has 0 saturated carbocycles. The van der Waals surface area contributed by atoms with Gasteiger partial charge in [0.2, 0.25) is 0 Å². The van der Waals surface area contributed by atoms with E-state index in [1.165, 1.54) is 4.90 Å². The zero-order chi connectivity index (χ0) is 22.2. The molecule has 0 fully saturated rings. The summed E-state index contributed by atoms with van der Waals surface area (Å²) in [5.74, 6) is -0.851. The summed E-state index contributed by atoms with van der Waals surface area (Å²) in [5, 5.41) is 12.5. The lowest BCUT2D eigenvalue weighted by Crippen LogP contribution is -2.41. The van der Waals surface area contributed by atoms with Crippen LogP contribution in [0.3, 0.4) is 0 Å². The van der Waals surface area contributed by atoms with Crippen LogP contribution in [-0.2, 0) is 23.4 Å². The van der Waals surface area contributed by atoms with Gasteiger partial charge in [0.05, 0.1) is 18.7 Å². The van der Waals surface area contributed by atoms with E-state index in [2.05, 4.69) is 0 Å². The molecular formula is C25H21Cl2NO3. The molecule has 6 heteroatoms. The first-order valence-corrected chi connectivity index (χ1v) is 10.8. The third-order valence-electron chi connectivity index (χ3n) is 5.65. The Labute approximate surface area is 191 Å². The standard InChI is InChI=1S/C25H21Cl2NO3/c1-2-16-3-7-18(8-4-16)23(29)14-25(31)21-13-20(27)11-12-22(21)28(24(25)30)15-17-5-9-19(26)10-6-17/h3-13,31H,2,14-15H2,1H3. The number of carbonyl (C=O) groups is 2. The summed E-state index contributed by atoms with van der Waals surface area (Å²) in [6.45, 7) is 2.28. The second-order valence-electron chi connectivity index (χ2n) is 7.69. The number of anilines is 1. The lowest BCUT2D eigenvalue weighted by molar-refractivity contribution is -0.136. The minimum Gasteiger partial charge on any atom is -0.375 e. The highest BCUT2D eigenvalue weighted by atomic mass is 35.5. The molecule has 1 heterocycles. The highest BCUT2D eigenvalue weighted by molar-refractivity contribution is 6.31. The minimum atomic E-state index is -1.98. The maximum atomic E-state index is 13.4. The highest BCUT2D eigenvalue weighted by Gasteiger charge is 2.51. The quantitative estimate of drug-likeness (QED) is 0.496. The largest absolute Gasteiger partial charge is 0.375 e. The number of ketones is 1. The molecule has 1 amide bonds. The normalized spacial score (nSPS) is 17.7. The Kier molecular flexibility index (Phi) is 5.89. The molecule has 0 spiro atoms. The van der Waals surface area contributed by atoms with Crippen molar-refractivity contribution in [3.8, 4) is 0 Å². The second kappa shape index (κ2) is 8.46. The third-order valence-corrected chi connectivity index (χ3v) is 6.14. The van der Waals surface area contributed by atoms with Gasteiger partial charge < -0.3 is 10.0 Å². The van der Waals surface area contributed by atoms with Gasteiger partial charge in [-0.05, 0) is 47.9 Å². The topological polar surface area (TPSA) is 57.6 Å². The summed E-state index contributed by atoms with van der Waals surface area (Å²) in [4.78, 5) is 27.8. The minimum absolute atomic E-state index is 0.242. The number of Topliss-reactive ketones (excluding diaryl/α,β-unsaturated/α-hetero) is 1. The molecule has 31 heavy (non-hydrogen) atoms. The smallest absolute Gasteiger partial charge is 0.264 e. The SMILES string of the molecule is CCc1ccc(C(=O)CC2(O)C(=O)N(Cc3ccc(Cl)cc3)c3ccc(Cl)cc32)cc1. The van der Waals surface area contributed by atoms with Gasteiger partial charge in [-0.2, -0.15) is 0 Å². The number of rotatable bonds is 6. The van der Waals surface area contributed by atoms with E-state index >= 15 is 0 Å². The van der Waals surface area contributed by atoms with Crippen LogP contribution in [0.2, 0.25) is 10.0 Å². The molecule has 0 radical (unpaired) electrons. The molecule has 1 atom stereocenters. The van der Waals surface area contributed by atoms with Gasteiger partial charge in [-0.1, -0.05) is 66.5 Å². The zero-order valence-corrected chi connectivity index (χ0v) is 18.5. The number of aryl methyl sites for hydroxylation is 1. The Bertz CT molecular complexity index is 1140. The number of benzene rings is 3. The van der Waals surface area contributed by atoms with E-state index < -0.39 is 11.5 Å². The Morgan fingerprint density at radius 2 is 1.55 bits per heavy atom. The highest BCUT2D eigenvalue weighted by Crippen LogP contribution is 2.44. The monoisotopic (exact) mass is 453 g/mol. The average Bonchev–Trinajstić information content (AvgIpc) is 2.96. The molecule has 4 nitrogen and oxygen atoms in total. The molecule has 1 aliphatic heterocycles. The van der Waals surface area contributed by atoms with Crippen LogP contribution < -0.4 is 4.90 Å². The fraction of sp³-hybridized carbons (Fsp3) is 0.200. The fourth-order valence-electron chi connectivity index (χ4n) is 3.88. The number of hydrogen-bond donors (Lipinski definition) is 1. The van der Waals surface area contributed by atoms with E-state index in [1.807, 2.05) is 31.2 Å². The van der Waals surface area contributed by atoms with Gasteiger partial charge in [0.15, 0.2) is 11.4 Å². The first kappa shape index (κ1) is 21.6. The summed E-state index contributed by atoms with van der Waals surface area (Å²) in [6, 6.07) is 19.3. The zero-order valence-electron chi connectivity index (χ0n) is 16.9. The Hall–Kier alpha value is -2.66. The van der Waals surface area contributed by atoms with Crippen molar-refractivity contribution in [2.24, 2.45) is 0 Å². The molecule has 4 rings (SSSR count). The predicted octanol–water partition coefficient (Wildman–Crippen LogP) is 5.56. The number of nitrogens with zero attached hydrogens (tertiary/aromatic N) is 1. The summed E-state index contributed by atoms with van der Waals surface area (Å²) in [5.41, 5.74) is 1.33. The molecule has 158 valence electrons. The van der Waals surface area contributed by atoms with E-state index in [4.69, 9.17) is 23.2 Å². The molecule has 0 aliphatic carbocycles. The molecule has 1 N–H and O–H groups in total. The fourth-order valence-corrected chi connectivity index (χ4v) is 4.18. The van der Waals surface area contributed by atoms with Gasteiger partial charge in [0.1, 0.15) is 0 Å². The maximum Gasteiger partial charge on any atom is 0.264 e. The predicted molar refractivity (Wildman–Crippen MR) is 123 cm³/mol. The molecule has 0 bridgehead atoms. The van der Waals surface area contributed by atoms with E-state index in [0.717, 1.165) is 17.5 Å². The molecule has 3 aromatic rings. The number of carbonyl (C=O) groups excluding carboxylic acids is 2. The van der Waals surface area contributed by atoms with E-state index in [-0.39, 0.29) is 18.7 Å². The van der Waals surface area contributed by atoms with Crippen molar-refractivity contribution < 1.29 is 14.7 Å². The number of fused-ring (bicyclic) bond motifs is 1. The number of halogens is 2. The van der Waals surface area contributed by atoms with Crippen LogP contribution in [0.1, 0.15) is 40.4 Å². The number of amides is 1. The van der Waals surface area contributed by atoms with E-state index in [1.54, 1.807) is 42.5 Å². The maximum absolute atomic E-state index is 13.4. The molecule has 3 aromatic carbocycles. The van der Waals surface area contributed by atoms with Crippen LogP contribution in [0.15, 0.2) is 66.7 Å². The molecule has 0 saturated heterocycles. The lowest BCUT2D eigenvalue weighted by atomic mass is 9.88. The first-order valence-electron chi connectivity index (χ1n) is 10.0. The van der Waals surface area contributed by atoms with E-state index in [9.17, 15) is 14.7 Å². The van der Waals surface area contributed by atoms with Crippen LogP contribution in [0, 0.1) is 0 Å². The van der Waals surface area contributed by atoms with Crippen LogP contribution in [-0.4, -0.2) is 16.8 Å². The molecular weight excluding hydrogens is 433 g/mol. The van der Waals surface area contributed by atoms with Gasteiger partial charge in [0.25, 0.3) is 5.91 Å². The summed E-state index contributed by atoms with van der Waals surface area (Å²) in [7, 11) is 0. The van der Waals surface area contributed by atoms with Gasteiger partial charge in [-0.15, -0.1) is 0 Å². The Morgan fingerprint density at radius 3 is 2.19 bits per heavy atom. The van der Waals surface area contributed by atoms with Crippen molar-refractivity contribution in [1.82, 2.24) is 0 Å². The van der Waals surface area contributed by atoms with Crippen LogP contribution in [0.25, 0.3) is 0 Å². The van der Waals surface area contributed by atoms with Crippen molar-refractivity contribution >= 4 is 40.6 Å². The molecule has 1 unspecified atom stereocenters. The van der Waals surface area contributed by atoms with Gasteiger partial charge in [-0.3, -0.25) is 9.59 Å². The summed E-state index contributed by atoms with van der Waals surface area (Å²) >= 11 is 12.1. The first-order chi connectivity index (χ1) is 14.8. The summed E-state index contributed by atoms with van der Waals surface area (Å²) in [6.07, 6.45) is 0.504. The second-order valence-corrected chi connectivity index (χ2v) is 8.56. The van der Waals surface area contributed by atoms with Crippen molar-refractivity contribution in [1.29, 1.82) is 0 Å². The molecule has 0 aromatic heterocycles. The van der Waals surface area contributed by atoms with Crippen molar-refractivity contribution in [2.75, 3.05) is 4.90 Å². The van der Waals surface area contributed by atoms with Crippen LogP contribution in [0.5, 0.6) is 0 Å². The van der Waals surface area contributed by atoms with E-state index in [0.29, 0.717) is 26.9 Å². The average molecular weight is 454 g/mol. The Morgan fingerprint density at radius 1 is 0.935 bits per heavy atom. The van der Waals surface area contributed by atoms with Gasteiger partial charge in [-0.25, -0.2) is 0 Å². The van der Waals surface area contributed by atoms with Crippen LogP contribution >= 0.6 is 23.2 Å².